The molecule has 1 aliphatic rings. The maximum Gasteiger partial charge on any atom is 0.255 e. The van der Waals surface area contributed by atoms with Crippen molar-refractivity contribution in [3.05, 3.63) is 59.4 Å². The average molecular weight is 356 g/mol. The molecule has 0 fully saturated rings. The van der Waals surface area contributed by atoms with Crippen molar-refractivity contribution in [1.29, 1.82) is 0 Å². The lowest BCUT2D eigenvalue weighted by molar-refractivity contribution is 0.102. The number of carbonyl (C=O) groups excluding carboxylic acids is 1. The average Bonchev–Trinajstić information content (AvgIpc) is 2.83. The number of benzene rings is 2. The first-order valence-electron chi connectivity index (χ1n) is 9.06. The third-order valence-corrected chi connectivity index (χ3v) is 4.51. The van der Waals surface area contributed by atoms with Crippen LogP contribution in [0.4, 0.5) is 10.1 Å². The van der Waals surface area contributed by atoms with Crippen LogP contribution in [0.2, 0.25) is 0 Å². The third-order valence-electron chi connectivity index (χ3n) is 4.51. The van der Waals surface area contributed by atoms with Crippen molar-refractivity contribution < 1.29 is 13.9 Å². The molecule has 3 rings (SSSR count). The highest BCUT2D eigenvalue weighted by Gasteiger charge is 2.17. The lowest BCUT2D eigenvalue weighted by Crippen LogP contribution is -2.27. The Bertz CT molecular complexity index is 759. The van der Waals surface area contributed by atoms with E-state index in [0.29, 0.717) is 23.8 Å². The minimum Gasteiger partial charge on any atom is -0.492 e. The molecule has 2 aromatic rings. The van der Waals surface area contributed by atoms with E-state index in [1.165, 1.54) is 12.1 Å². The van der Waals surface area contributed by atoms with Crippen LogP contribution in [0.15, 0.2) is 42.5 Å². The van der Waals surface area contributed by atoms with E-state index in [4.69, 9.17) is 4.74 Å². The zero-order valence-electron chi connectivity index (χ0n) is 15.3. The van der Waals surface area contributed by atoms with Crippen LogP contribution in [0, 0.1) is 11.7 Å². The molecular formula is C21H25FN2O2. The number of halogens is 1. The zero-order chi connectivity index (χ0) is 18.5. The molecule has 0 aromatic heterocycles. The SMILES string of the molecule is CC(C)CCN1CCOc2cc(C(=O)Nc3ccc(F)cc3)ccc2C1. The smallest absolute Gasteiger partial charge is 0.255 e. The summed E-state index contributed by atoms with van der Waals surface area (Å²) in [5, 5.41) is 2.78. The van der Waals surface area contributed by atoms with Gasteiger partial charge in [-0.2, -0.15) is 0 Å². The summed E-state index contributed by atoms with van der Waals surface area (Å²) in [6.45, 7) is 7.85. The van der Waals surface area contributed by atoms with Crippen LogP contribution < -0.4 is 10.1 Å². The van der Waals surface area contributed by atoms with Gasteiger partial charge in [-0.05, 0) is 55.3 Å². The summed E-state index contributed by atoms with van der Waals surface area (Å²) in [5.74, 6) is 0.882. The fourth-order valence-electron chi connectivity index (χ4n) is 2.93. The minimum atomic E-state index is -0.330. The molecule has 0 saturated carbocycles. The molecule has 0 atom stereocenters. The van der Waals surface area contributed by atoms with Crippen LogP contribution in [-0.2, 0) is 6.54 Å². The van der Waals surface area contributed by atoms with E-state index in [0.717, 1.165) is 37.4 Å². The quantitative estimate of drug-likeness (QED) is 0.867. The lowest BCUT2D eigenvalue weighted by atomic mass is 10.1. The number of nitrogens with zero attached hydrogens (tertiary/aromatic N) is 1. The van der Waals surface area contributed by atoms with Gasteiger partial charge in [0.15, 0.2) is 0 Å². The van der Waals surface area contributed by atoms with E-state index < -0.39 is 0 Å². The molecule has 0 radical (unpaired) electrons. The number of amides is 1. The van der Waals surface area contributed by atoms with Crippen molar-refractivity contribution >= 4 is 11.6 Å². The summed E-state index contributed by atoms with van der Waals surface area (Å²) in [4.78, 5) is 14.8. The zero-order valence-corrected chi connectivity index (χ0v) is 15.3. The molecule has 4 nitrogen and oxygen atoms in total. The van der Waals surface area contributed by atoms with Crippen LogP contribution in [0.5, 0.6) is 5.75 Å². The molecular weight excluding hydrogens is 331 g/mol. The fourth-order valence-corrected chi connectivity index (χ4v) is 2.93. The highest BCUT2D eigenvalue weighted by atomic mass is 19.1. The maximum atomic E-state index is 13.0. The molecule has 26 heavy (non-hydrogen) atoms. The predicted octanol–water partition coefficient (Wildman–Crippen LogP) is 4.32. The maximum absolute atomic E-state index is 13.0. The van der Waals surface area contributed by atoms with Gasteiger partial charge in [0.05, 0.1) is 0 Å². The van der Waals surface area contributed by atoms with Gasteiger partial charge >= 0.3 is 0 Å². The van der Waals surface area contributed by atoms with Crippen LogP contribution in [0.1, 0.15) is 36.2 Å². The van der Waals surface area contributed by atoms with E-state index in [1.807, 2.05) is 12.1 Å². The van der Waals surface area contributed by atoms with E-state index in [-0.39, 0.29) is 11.7 Å². The standard InChI is InChI=1S/C21H25FN2O2/c1-15(2)9-10-24-11-12-26-20-13-16(3-4-17(20)14-24)21(25)23-19-7-5-18(22)6-8-19/h3-8,13,15H,9-12,14H2,1-2H3,(H,23,25). The topological polar surface area (TPSA) is 41.6 Å². The second-order valence-electron chi connectivity index (χ2n) is 7.09. The first-order chi connectivity index (χ1) is 12.5. The number of hydrogen-bond donors (Lipinski definition) is 1. The Hall–Kier alpha value is -2.40. The van der Waals surface area contributed by atoms with Gasteiger partial charge in [-0.15, -0.1) is 0 Å². The Morgan fingerprint density at radius 2 is 2.00 bits per heavy atom. The Morgan fingerprint density at radius 3 is 2.73 bits per heavy atom. The summed E-state index contributed by atoms with van der Waals surface area (Å²) >= 11 is 0. The molecule has 138 valence electrons. The molecule has 1 N–H and O–H groups in total. The lowest BCUT2D eigenvalue weighted by Gasteiger charge is -2.20. The summed E-state index contributed by atoms with van der Waals surface area (Å²) in [6, 6.07) is 11.3. The molecule has 1 aliphatic heterocycles. The Balaban J connectivity index is 1.69. The van der Waals surface area contributed by atoms with Gasteiger partial charge in [-0.3, -0.25) is 9.69 Å². The summed E-state index contributed by atoms with van der Waals surface area (Å²) < 4.78 is 18.8. The predicted molar refractivity (Wildman–Crippen MR) is 101 cm³/mol. The second kappa shape index (κ2) is 8.32. The number of hydrogen-bond acceptors (Lipinski definition) is 3. The monoisotopic (exact) mass is 356 g/mol. The molecule has 0 bridgehead atoms. The van der Waals surface area contributed by atoms with Crippen molar-refractivity contribution in [2.75, 3.05) is 25.0 Å². The van der Waals surface area contributed by atoms with Crippen LogP contribution in [0.25, 0.3) is 0 Å². The molecule has 1 heterocycles. The molecule has 0 spiro atoms. The third kappa shape index (κ3) is 4.82. The van der Waals surface area contributed by atoms with Crippen molar-refractivity contribution in [3.8, 4) is 5.75 Å². The molecule has 1 amide bonds. The summed E-state index contributed by atoms with van der Waals surface area (Å²) in [5.41, 5.74) is 2.19. The van der Waals surface area contributed by atoms with Gasteiger partial charge < -0.3 is 10.1 Å². The van der Waals surface area contributed by atoms with Crippen molar-refractivity contribution in [1.82, 2.24) is 4.90 Å². The molecule has 2 aromatic carbocycles. The van der Waals surface area contributed by atoms with Crippen LogP contribution in [-0.4, -0.2) is 30.5 Å². The van der Waals surface area contributed by atoms with E-state index in [2.05, 4.69) is 24.1 Å². The summed E-state index contributed by atoms with van der Waals surface area (Å²) in [6.07, 6.45) is 1.16. The number of rotatable bonds is 5. The van der Waals surface area contributed by atoms with Gasteiger partial charge in [-0.25, -0.2) is 4.39 Å². The first kappa shape index (κ1) is 18.4. The number of anilines is 1. The number of nitrogens with one attached hydrogen (secondary N) is 1. The van der Waals surface area contributed by atoms with E-state index in [1.54, 1.807) is 18.2 Å². The first-order valence-corrected chi connectivity index (χ1v) is 9.06. The Morgan fingerprint density at radius 1 is 1.23 bits per heavy atom. The van der Waals surface area contributed by atoms with Crippen LogP contribution in [0.3, 0.4) is 0 Å². The number of carbonyl (C=O) groups is 1. The number of ether oxygens (including phenoxy) is 1. The van der Waals surface area contributed by atoms with Gasteiger partial charge in [0.2, 0.25) is 0 Å². The van der Waals surface area contributed by atoms with Gasteiger partial charge in [0.1, 0.15) is 18.2 Å². The van der Waals surface area contributed by atoms with Crippen molar-refractivity contribution in [3.63, 3.8) is 0 Å². The Labute approximate surface area is 154 Å². The number of fused-ring (bicyclic) bond motifs is 1. The fraction of sp³-hybridized carbons (Fsp3) is 0.381. The van der Waals surface area contributed by atoms with Gasteiger partial charge in [0.25, 0.3) is 5.91 Å². The molecule has 0 aliphatic carbocycles. The van der Waals surface area contributed by atoms with Crippen LogP contribution >= 0.6 is 0 Å². The van der Waals surface area contributed by atoms with E-state index in [9.17, 15) is 9.18 Å². The molecule has 5 heteroatoms. The highest BCUT2D eigenvalue weighted by molar-refractivity contribution is 6.04. The van der Waals surface area contributed by atoms with Gasteiger partial charge in [-0.1, -0.05) is 19.9 Å². The molecule has 0 saturated heterocycles. The normalized spacial score (nSPS) is 14.5. The second-order valence-corrected chi connectivity index (χ2v) is 7.09. The van der Waals surface area contributed by atoms with E-state index >= 15 is 0 Å². The largest absolute Gasteiger partial charge is 0.492 e. The van der Waals surface area contributed by atoms with Crippen molar-refractivity contribution in [2.24, 2.45) is 5.92 Å². The highest BCUT2D eigenvalue weighted by Crippen LogP contribution is 2.25. The van der Waals surface area contributed by atoms with Gasteiger partial charge in [0, 0.05) is 29.9 Å². The Kier molecular flexibility index (Phi) is 5.89. The minimum absolute atomic E-state index is 0.232. The van der Waals surface area contributed by atoms with Crippen molar-refractivity contribution in [2.45, 2.75) is 26.8 Å². The molecule has 0 unspecified atom stereocenters. The summed E-state index contributed by atoms with van der Waals surface area (Å²) in [7, 11) is 0.